The molecule has 31 heavy (non-hydrogen) atoms. The van der Waals surface area contributed by atoms with Crippen LogP contribution in [0.2, 0.25) is 0 Å². The van der Waals surface area contributed by atoms with Crippen molar-refractivity contribution in [2.45, 2.75) is 4.90 Å². The van der Waals surface area contributed by atoms with Gasteiger partial charge in [0.05, 0.1) is 23.3 Å². The molecule has 0 amide bonds. The number of carboxylic acids is 1. The molecular formula is C21H16FN5O3S. The molecule has 0 bridgehead atoms. The van der Waals surface area contributed by atoms with Gasteiger partial charge in [-0.15, -0.1) is 5.10 Å². The van der Waals surface area contributed by atoms with Crippen LogP contribution in [0, 0.1) is 5.82 Å². The van der Waals surface area contributed by atoms with Gasteiger partial charge in [0.2, 0.25) is 0 Å². The maximum absolute atomic E-state index is 13.8. The second kappa shape index (κ2) is 8.84. The summed E-state index contributed by atoms with van der Waals surface area (Å²) in [6.45, 7) is 0. The Balaban J connectivity index is 1.73. The van der Waals surface area contributed by atoms with Crippen molar-refractivity contribution in [3.05, 3.63) is 72.0 Å². The zero-order valence-electron chi connectivity index (χ0n) is 16.2. The van der Waals surface area contributed by atoms with Crippen LogP contribution in [0.5, 0.6) is 5.75 Å². The predicted octanol–water partition coefficient (Wildman–Crippen LogP) is 4.50. The number of methoxy groups -OCH3 is 1. The van der Waals surface area contributed by atoms with Crippen molar-refractivity contribution in [3.63, 3.8) is 0 Å². The molecule has 0 aliphatic carbocycles. The first-order valence-corrected chi connectivity index (χ1v) is 9.85. The Morgan fingerprint density at radius 3 is 2.71 bits per heavy atom. The standard InChI is InChI=1S/C21H16FN5O3S/c1-30-18-8-6-14(21(28)29)11-19(18)31-25-17-10-13(20-23-26-27-24-20)5-7-16(17)12-3-2-4-15(22)9-12/h2-11,25H,1H3,(H,28,29)(H,23,24,26,27). The SMILES string of the molecule is COc1ccc(C(=O)O)cc1SNc1cc(-c2nnn[nH]2)ccc1-c1cccc(F)c1. The largest absolute Gasteiger partial charge is 0.496 e. The molecule has 0 spiro atoms. The highest BCUT2D eigenvalue weighted by Gasteiger charge is 2.14. The summed E-state index contributed by atoms with van der Waals surface area (Å²) >= 11 is 1.18. The molecule has 1 heterocycles. The number of carbonyl (C=O) groups is 1. The highest BCUT2D eigenvalue weighted by Crippen LogP contribution is 2.37. The number of nitrogens with zero attached hydrogens (tertiary/aromatic N) is 3. The fourth-order valence-electron chi connectivity index (χ4n) is 2.96. The van der Waals surface area contributed by atoms with E-state index in [1.165, 1.54) is 43.3 Å². The first kappa shape index (κ1) is 20.4. The van der Waals surface area contributed by atoms with E-state index >= 15 is 0 Å². The van der Waals surface area contributed by atoms with E-state index in [2.05, 4.69) is 25.3 Å². The van der Waals surface area contributed by atoms with Gasteiger partial charge < -0.3 is 14.6 Å². The number of halogens is 1. The smallest absolute Gasteiger partial charge is 0.335 e. The summed E-state index contributed by atoms with van der Waals surface area (Å²) in [5, 5.41) is 23.1. The van der Waals surface area contributed by atoms with Crippen LogP contribution in [0.4, 0.5) is 10.1 Å². The molecule has 0 radical (unpaired) electrons. The minimum absolute atomic E-state index is 0.136. The van der Waals surface area contributed by atoms with Crippen molar-refractivity contribution in [1.82, 2.24) is 20.6 Å². The average molecular weight is 437 g/mol. The molecule has 0 fully saturated rings. The molecule has 1 aromatic heterocycles. The van der Waals surface area contributed by atoms with Gasteiger partial charge in [-0.1, -0.05) is 24.3 Å². The van der Waals surface area contributed by atoms with Crippen LogP contribution < -0.4 is 9.46 Å². The number of hydrogen-bond donors (Lipinski definition) is 3. The van der Waals surface area contributed by atoms with Gasteiger partial charge in [-0.3, -0.25) is 0 Å². The van der Waals surface area contributed by atoms with Crippen LogP contribution in [0.1, 0.15) is 10.4 Å². The van der Waals surface area contributed by atoms with Crippen LogP contribution in [0.25, 0.3) is 22.5 Å². The van der Waals surface area contributed by atoms with Crippen LogP contribution in [-0.4, -0.2) is 38.8 Å². The Bertz CT molecular complexity index is 1230. The van der Waals surface area contributed by atoms with Crippen molar-refractivity contribution in [2.24, 2.45) is 0 Å². The molecule has 4 aromatic rings. The highest BCUT2D eigenvalue weighted by molar-refractivity contribution is 8.00. The molecule has 0 aliphatic heterocycles. The van der Waals surface area contributed by atoms with Crippen LogP contribution in [0.3, 0.4) is 0 Å². The van der Waals surface area contributed by atoms with Gasteiger partial charge in [0, 0.05) is 11.1 Å². The van der Waals surface area contributed by atoms with Crippen molar-refractivity contribution >= 4 is 23.6 Å². The van der Waals surface area contributed by atoms with E-state index in [0.717, 1.165) is 11.1 Å². The first-order valence-electron chi connectivity index (χ1n) is 9.03. The Labute approximate surface area is 180 Å². The number of hydrogen-bond acceptors (Lipinski definition) is 7. The van der Waals surface area contributed by atoms with Gasteiger partial charge in [-0.05, 0) is 64.3 Å². The zero-order valence-corrected chi connectivity index (χ0v) is 17.0. The third-order valence-electron chi connectivity index (χ3n) is 4.46. The number of tetrazole rings is 1. The van der Waals surface area contributed by atoms with Gasteiger partial charge in [0.15, 0.2) is 5.82 Å². The number of aromatic amines is 1. The lowest BCUT2D eigenvalue weighted by atomic mass is 10.0. The molecule has 3 N–H and O–H groups in total. The number of rotatable bonds is 7. The van der Waals surface area contributed by atoms with Crippen molar-refractivity contribution in [1.29, 1.82) is 0 Å². The molecule has 4 rings (SSSR count). The second-order valence-electron chi connectivity index (χ2n) is 6.40. The Morgan fingerprint density at radius 1 is 1.13 bits per heavy atom. The van der Waals surface area contributed by atoms with Gasteiger partial charge in [0.25, 0.3) is 0 Å². The lowest BCUT2D eigenvalue weighted by Crippen LogP contribution is -1.99. The first-order chi connectivity index (χ1) is 15.0. The molecule has 0 atom stereocenters. The number of aromatic nitrogens is 4. The maximum Gasteiger partial charge on any atom is 0.335 e. The Hall–Kier alpha value is -3.92. The molecule has 0 saturated heterocycles. The van der Waals surface area contributed by atoms with E-state index in [0.29, 0.717) is 27.7 Å². The van der Waals surface area contributed by atoms with Gasteiger partial charge in [-0.2, -0.15) is 0 Å². The molecule has 10 heteroatoms. The number of H-pyrrole nitrogens is 1. The topological polar surface area (TPSA) is 113 Å². The normalized spacial score (nSPS) is 10.6. The number of aromatic carboxylic acids is 1. The zero-order chi connectivity index (χ0) is 21.8. The average Bonchev–Trinajstić information content (AvgIpc) is 3.32. The summed E-state index contributed by atoms with van der Waals surface area (Å²) in [7, 11) is 1.51. The van der Waals surface area contributed by atoms with Crippen LogP contribution >= 0.6 is 11.9 Å². The number of ether oxygens (including phenoxy) is 1. The quantitative estimate of drug-likeness (QED) is 0.362. The van der Waals surface area contributed by atoms with Crippen molar-refractivity contribution in [3.8, 4) is 28.3 Å². The molecule has 3 aromatic carbocycles. The monoisotopic (exact) mass is 437 g/mol. The van der Waals surface area contributed by atoms with Crippen molar-refractivity contribution < 1.29 is 19.0 Å². The molecule has 0 saturated carbocycles. The van der Waals surface area contributed by atoms with Gasteiger partial charge in [0.1, 0.15) is 11.6 Å². The van der Waals surface area contributed by atoms with Crippen LogP contribution in [0.15, 0.2) is 65.6 Å². The fourth-order valence-corrected chi connectivity index (χ4v) is 3.79. The Kier molecular flexibility index (Phi) is 5.80. The summed E-state index contributed by atoms with van der Waals surface area (Å²) in [5.74, 6) is -0.394. The van der Waals surface area contributed by atoms with Crippen LogP contribution in [-0.2, 0) is 0 Å². The number of anilines is 1. The van der Waals surface area contributed by atoms with E-state index in [4.69, 9.17) is 4.74 Å². The lowest BCUT2D eigenvalue weighted by Gasteiger charge is -2.15. The molecular weight excluding hydrogens is 421 g/mol. The molecule has 156 valence electrons. The molecule has 0 aliphatic rings. The van der Waals surface area contributed by atoms with E-state index in [1.807, 2.05) is 18.2 Å². The second-order valence-corrected chi connectivity index (χ2v) is 7.24. The number of benzene rings is 3. The van der Waals surface area contributed by atoms with Gasteiger partial charge >= 0.3 is 5.97 Å². The third kappa shape index (κ3) is 4.48. The summed E-state index contributed by atoms with van der Waals surface area (Å²) in [4.78, 5) is 11.9. The summed E-state index contributed by atoms with van der Waals surface area (Å²) < 4.78 is 22.4. The van der Waals surface area contributed by atoms with Gasteiger partial charge in [-0.25, -0.2) is 14.3 Å². The predicted molar refractivity (Wildman–Crippen MR) is 114 cm³/mol. The summed E-state index contributed by atoms with van der Waals surface area (Å²) in [5.41, 5.74) is 2.94. The van der Waals surface area contributed by atoms with E-state index in [1.54, 1.807) is 18.2 Å². The summed E-state index contributed by atoms with van der Waals surface area (Å²) in [6, 6.07) is 16.3. The van der Waals surface area contributed by atoms with Crippen molar-refractivity contribution in [2.75, 3.05) is 11.8 Å². The molecule has 0 unspecified atom stereocenters. The summed E-state index contributed by atoms with van der Waals surface area (Å²) in [6.07, 6.45) is 0. The number of carboxylic acid groups (broad SMARTS) is 1. The fraction of sp³-hybridized carbons (Fsp3) is 0.0476. The maximum atomic E-state index is 13.8. The van der Waals surface area contributed by atoms with E-state index < -0.39 is 5.97 Å². The molecule has 8 nitrogen and oxygen atoms in total. The third-order valence-corrected chi connectivity index (χ3v) is 5.32. The Morgan fingerprint density at radius 2 is 2.00 bits per heavy atom. The minimum atomic E-state index is -1.04. The van der Waals surface area contributed by atoms with E-state index in [-0.39, 0.29) is 11.4 Å². The highest BCUT2D eigenvalue weighted by atomic mass is 32.2. The number of nitrogens with one attached hydrogen (secondary N) is 2. The van der Waals surface area contributed by atoms with E-state index in [9.17, 15) is 14.3 Å². The lowest BCUT2D eigenvalue weighted by molar-refractivity contribution is 0.0696. The minimum Gasteiger partial charge on any atom is -0.496 e.